The SMILES string of the molecule is CC(=O)NCc1ccc(-c2csc(NC(=O)COc3cc(C)c(Cl)cc3C(C)C)n2)o1. The number of rotatable bonds is 8. The van der Waals surface area contributed by atoms with E-state index in [1.165, 1.54) is 18.3 Å². The van der Waals surface area contributed by atoms with Crippen molar-refractivity contribution in [2.45, 2.75) is 40.2 Å². The number of hydrogen-bond donors (Lipinski definition) is 2. The number of aromatic nitrogens is 1. The monoisotopic (exact) mass is 461 g/mol. The van der Waals surface area contributed by atoms with Gasteiger partial charge in [0.2, 0.25) is 5.91 Å². The molecule has 9 heteroatoms. The summed E-state index contributed by atoms with van der Waals surface area (Å²) in [7, 11) is 0. The minimum Gasteiger partial charge on any atom is -0.483 e. The maximum absolute atomic E-state index is 12.4. The van der Waals surface area contributed by atoms with Crippen LogP contribution in [-0.2, 0) is 16.1 Å². The van der Waals surface area contributed by atoms with Gasteiger partial charge in [-0.05, 0) is 48.2 Å². The van der Waals surface area contributed by atoms with E-state index in [1.54, 1.807) is 17.5 Å². The summed E-state index contributed by atoms with van der Waals surface area (Å²) < 4.78 is 11.4. The molecule has 2 aromatic heterocycles. The molecule has 0 aliphatic carbocycles. The number of anilines is 1. The van der Waals surface area contributed by atoms with Crippen molar-refractivity contribution in [3.8, 4) is 17.2 Å². The summed E-state index contributed by atoms with van der Waals surface area (Å²) in [6.07, 6.45) is 0. The van der Waals surface area contributed by atoms with Gasteiger partial charge in [-0.2, -0.15) is 0 Å². The third-order valence-electron chi connectivity index (χ3n) is 4.45. The van der Waals surface area contributed by atoms with Crippen molar-refractivity contribution >= 4 is 39.9 Å². The van der Waals surface area contributed by atoms with Gasteiger partial charge in [0.1, 0.15) is 17.2 Å². The molecule has 2 amide bonds. The van der Waals surface area contributed by atoms with E-state index in [9.17, 15) is 9.59 Å². The maximum atomic E-state index is 12.4. The zero-order valence-electron chi connectivity index (χ0n) is 17.7. The highest BCUT2D eigenvalue weighted by Gasteiger charge is 2.15. The molecule has 1 aromatic carbocycles. The molecule has 0 spiro atoms. The van der Waals surface area contributed by atoms with Crippen LogP contribution in [0.2, 0.25) is 5.02 Å². The van der Waals surface area contributed by atoms with Gasteiger partial charge in [0, 0.05) is 17.3 Å². The fourth-order valence-electron chi connectivity index (χ4n) is 2.81. The van der Waals surface area contributed by atoms with Crippen molar-refractivity contribution in [1.29, 1.82) is 0 Å². The molecule has 0 bridgehead atoms. The highest BCUT2D eigenvalue weighted by Crippen LogP contribution is 2.32. The number of aryl methyl sites for hydroxylation is 1. The van der Waals surface area contributed by atoms with Gasteiger partial charge in [0.15, 0.2) is 17.5 Å². The minimum atomic E-state index is -0.311. The van der Waals surface area contributed by atoms with Crippen molar-refractivity contribution in [2.75, 3.05) is 11.9 Å². The van der Waals surface area contributed by atoms with Crippen molar-refractivity contribution in [1.82, 2.24) is 10.3 Å². The first-order chi connectivity index (χ1) is 14.7. The molecule has 0 aliphatic rings. The van der Waals surface area contributed by atoms with Gasteiger partial charge in [-0.15, -0.1) is 11.3 Å². The number of carbonyl (C=O) groups is 2. The van der Waals surface area contributed by atoms with Gasteiger partial charge >= 0.3 is 0 Å². The molecule has 31 heavy (non-hydrogen) atoms. The van der Waals surface area contributed by atoms with Crippen LogP contribution in [0, 0.1) is 6.92 Å². The summed E-state index contributed by atoms with van der Waals surface area (Å²) in [5.74, 6) is 1.60. The molecule has 0 fully saturated rings. The van der Waals surface area contributed by atoms with Gasteiger partial charge in [0.05, 0.1) is 6.54 Å². The molecule has 0 radical (unpaired) electrons. The van der Waals surface area contributed by atoms with Gasteiger partial charge in [0.25, 0.3) is 5.91 Å². The lowest BCUT2D eigenvalue weighted by Gasteiger charge is -2.15. The van der Waals surface area contributed by atoms with E-state index in [2.05, 4.69) is 15.6 Å². The van der Waals surface area contributed by atoms with Crippen molar-refractivity contribution in [3.05, 3.63) is 51.6 Å². The van der Waals surface area contributed by atoms with Crippen LogP contribution < -0.4 is 15.4 Å². The zero-order chi connectivity index (χ0) is 22.5. The molecule has 2 heterocycles. The third-order valence-corrected chi connectivity index (χ3v) is 5.61. The van der Waals surface area contributed by atoms with Gasteiger partial charge in [-0.3, -0.25) is 14.9 Å². The Morgan fingerprint density at radius 3 is 2.77 bits per heavy atom. The van der Waals surface area contributed by atoms with Crippen LogP contribution in [0.4, 0.5) is 5.13 Å². The number of amides is 2. The predicted molar refractivity (Wildman–Crippen MR) is 122 cm³/mol. The van der Waals surface area contributed by atoms with E-state index in [0.717, 1.165) is 11.1 Å². The maximum Gasteiger partial charge on any atom is 0.264 e. The van der Waals surface area contributed by atoms with Crippen molar-refractivity contribution < 1.29 is 18.7 Å². The van der Waals surface area contributed by atoms with Crippen LogP contribution in [-0.4, -0.2) is 23.4 Å². The quantitative estimate of drug-likeness (QED) is 0.484. The second-order valence-corrected chi connectivity index (χ2v) is 8.61. The zero-order valence-corrected chi connectivity index (χ0v) is 19.3. The lowest BCUT2D eigenvalue weighted by molar-refractivity contribution is -0.119. The van der Waals surface area contributed by atoms with Crippen LogP contribution >= 0.6 is 22.9 Å². The fraction of sp³-hybridized carbons (Fsp3) is 0.318. The number of furan rings is 1. The first kappa shape index (κ1) is 22.8. The normalized spacial score (nSPS) is 10.9. The standard InChI is InChI=1S/C22H24ClN3O4S/c1-12(2)16-8-17(23)13(3)7-20(16)29-10-21(28)26-22-25-18(11-31-22)19-6-5-15(30-19)9-24-14(4)27/h5-8,11-12H,9-10H2,1-4H3,(H,24,27)(H,25,26,28). The average Bonchev–Trinajstić information content (AvgIpc) is 3.36. The number of nitrogens with one attached hydrogen (secondary N) is 2. The highest BCUT2D eigenvalue weighted by atomic mass is 35.5. The summed E-state index contributed by atoms with van der Waals surface area (Å²) in [4.78, 5) is 27.8. The Kier molecular flexibility index (Phi) is 7.35. The van der Waals surface area contributed by atoms with Crippen molar-refractivity contribution in [3.63, 3.8) is 0 Å². The second-order valence-electron chi connectivity index (χ2n) is 7.34. The van der Waals surface area contributed by atoms with E-state index in [1.807, 2.05) is 32.9 Å². The molecule has 2 N–H and O–H groups in total. The molecule has 7 nitrogen and oxygen atoms in total. The minimum absolute atomic E-state index is 0.131. The van der Waals surface area contributed by atoms with E-state index < -0.39 is 0 Å². The lowest BCUT2D eigenvalue weighted by Crippen LogP contribution is -2.20. The molecule has 0 aliphatic heterocycles. The largest absolute Gasteiger partial charge is 0.483 e. The summed E-state index contributed by atoms with van der Waals surface area (Å²) >= 11 is 7.51. The van der Waals surface area contributed by atoms with E-state index in [0.29, 0.717) is 39.7 Å². The lowest BCUT2D eigenvalue weighted by atomic mass is 10.0. The first-order valence-electron chi connectivity index (χ1n) is 9.74. The molecular formula is C22H24ClN3O4S. The number of carbonyl (C=O) groups excluding carboxylic acids is 2. The molecule has 0 saturated carbocycles. The average molecular weight is 462 g/mol. The first-order valence-corrected chi connectivity index (χ1v) is 11.0. The Morgan fingerprint density at radius 1 is 1.29 bits per heavy atom. The Morgan fingerprint density at radius 2 is 2.06 bits per heavy atom. The molecular weight excluding hydrogens is 438 g/mol. The number of thiazole rings is 1. The summed E-state index contributed by atoms with van der Waals surface area (Å²) in [5, 5.41) is 8.32. The molecule has 3 rings (SSSR count). The van der Waals surface area contributed by atoms with Crippen LogP contribution in [0.5, 0.6) is 5.75 Å². The fourth-order valence-corrected chi connectivity index (χ4v) is 3.70. The van der Waals surface area contributed by atoms with Crippen LogP contribution in [0.1, 0.15) is 43.6 Å². The van der Waals surface area contributed by atoms with E-state index in [-0.39, 0.29) is 24.3 Å². The number of ether oxygens (including phenoxy) is 1. The molecule has 0 atom stereocenters. The van der Waals surface area contributed by atoms with E-state index in [4.69, 9.17) is 20.8 Å². The topological polar surface area (TPSA) is 93.5 Å². The van der Waals surface area contributed by atoms with Crippen LogP contribution in [0.25, 0.3) is 11.5 Å². The Labute approximate surface area is 189 Å². The number of benzene rings is 1. The summed E-state index contributed by atoms with van der Waals surface area (Å²) in [6.45, 7) is 7.59. The predicted octanol–water partition coefficient (Wildman–Crippen LogP) is 5.14. The number of halogens is 1. The Hall–Kier alpha value is -2.84. The third kappa shape index (κ3) is 6.08. The Balaban J connectivity index is 1.60. The van der Waals surface area contributed by atoms with Gasteiger partial charge in [-0.1, -0.05) is 25.4 Å². The van der Waals surface area contributed by atoms with Gasteiger partial charge in [-0.25, -0.2) is 4.98 Å². The van der Waals surface area contributed by atoms with Crippen LogP contribution in [0.15, 0.2) is 34.1 Å². The molecule has 164 valence electrons. The molecule has 0 saturated heterocycles. The van der Waals surface area contributed by atoms with Crippen LogP contribution in [0.3, 0.4) is 0 Å². The smallest absolute Gasteiger partial charge is 0.264 e. The molecule has 3 aromatic rings. The second kappa shape index (κ2) is 9.98. The summed E-state index contributed by atoms with van der Waals surface area (Å²) in [5.41, 5.74) is 2.45. The van der Waals surface area contributed by atoms with Gasteiger partial charge < -0.3 is 14.5 Å². The Bertz CT molecular complexity index is 1090. The summed E-state index contributed by atoms with van der Waals surface area (Å²) in [6, 6.07) is 7.28. The number of nitrogens with zero attached hydrogens (tertiary/aromatic N) is 1. The molecule has 0 unspecified atom stereocenters. The van der Waals surface area contributed by atoms with Crippen molar-refractivity contribution in [2.24, 2.45) is 0 Å². The number of hydrogen-bond acceptors (Lipinski definition) is 6. The van der Waals surface area contributed by atoms with E-state index >= 15 is 0 Å². The highest BCUT2D eigenvalue weighted by molar-refractivity contribution is 7.14.